The van der Waals surface area contributed by atoms with Gasteiger partial charge in [0.2, 0.25) is 0 Å². The first-order valence-corrected chi connectivity index (χ1v) is 4.83. The van der Waals surface area contributed by atoms with E-state index in [-0.39, 0.29) is 5.56 Å². The van der Waals surface area contributed by atoms with Gasteiger partial charge in [-0.05, 0) is 18.2 Å². The molecule has 2 N–H and O–H groups in total. The predicted octanol–water partition coefficient (Wildman–Crippen LogP) is 1.43. The molecule has 0 spiro atoms. The van der Waals surface area contributed by atoms with E-state index >= 15 is 0 Å². The van der Waals surface area contributed by atoms with Crippen LogP contribution in [-0.4, -0.2) is 11.7 Å². The zero-order chi connectivity index (χ0) is 11.5. The molecule has 4 nitrogen and oxygen atoms in total. The maximum atomic E-state index is 11.7. The van der Waals surface area contributed by atoms with Crippen LogP contribution in [0.25, 0.3) is 5.69 Å². The molecule has 0 amide bonds. The quantitative estimate of drug-likeness (QED) is 0.826. The zero-order valence-electron chi connectivity index (χ0n) is 8.88. The van der Waals surface area contributed by atoms with E-state index in [1.165, 1.54) is 10.6 Å². The molecular formula is C12H12N2O2. The minimum absolute atomic E-state index is 0.159. The Balaban J connectivity index is 2.54. The van der Waals surface area contributed by atoms with Crippen LogP contribution in [0, 0.1) is 0 Å². The van der Waals surface area contributed by atoms with Gasteiger partial charge >= 0.3 is 0 Å². The summed E-state index contributed by atoms with van der Waals surface area (Å²) < 4.78 is 6.61. The standard InChI is InChI=1S/C12H12N2O2/c1-16-11-4-2-3-10(8-11)14-6-5-9(13)7-12(14)15/h2-8H,13H2,1H3. The lowest BCUT2D eigenvalue weighted by Gasteiger charge is -2.07. The van der Waals surface area contributed by atoms with E-state index in [1.54, 1.807) is 25.4 Å². The maximum Gasteiger partial charge on any atom is 0.257 e. The first kappa shape index (κ1) is 10.3. The average molecular weight is 216 g/mol. The number of nitrogens with zero attached hydrogens (tertiary/aromatic N) is 1. The number of methoxy groups -OCH3 is 1. The van der Waals surface area contributed by atoms with Crippen molar-refractivity contribution in [3.8, 4) is 11.4 Å². The van der Waals surface area contributed by atoms with Gasteiger partial charge in [-0.15, -0.1) is 0 Å². The highest BCUT2D eigenvalue weighted by Gasteiger charge is 2.00. The molecule has 0 atom stereocenters. The third-order valence-electron chi connectivity index (χ3n) is 2.28. The molecule has 1 heterocycles. The second-order valence-corrected chi connectivity index (χ2v) is 3.37. The number of rotatable bonds is 2. The highest BCUT2D eigenvalue weighted by molar-refractivity contribution is 5.42. The molecule has 0 bridgehead atoms. The van der Waals surface area contributed by atoms with Crippen molar-refractivity contribution in [2.75, 3.05) is 12.8 Å². The van der Waals surface area contributed by atoms with Crippen molar-refractivity contribution in [1.82, 2.24) is 4.57 Å². The van der Waals surface area contributed by atoms with Crippen molar-refractivity contribution >= 4 is 5.69 Å². The summed E-state index contributed by atoms with van der Waals surface area (Å²) in [6.07, 6.45) is 1.65. The van der Waals surface area contributed by atoms with Gasteiger partial charge in [-0.3, -0.25) is 9.36 Å². The number of ether oxygens (including phenoxy) is 1. The van der Waals surface area contributed by atoms with Crippen LogP contribution in [0.5, 0.6) is 5.75 Å². The van der Waals surface area contributed by atoms with Crippen LogP contribution in [0.2, 0.25) is 0 Å². The fourth-order valence-electron chi connectivity index (χ4n) is 1.47. The lowest BCUT2D eigenvalue weighted by atomic mass is 10.3. The number of pyridine rings is 1. The van der Waals surface area contributed by atoms with Crippen LogP contribution in [0.4, 0.5) is 5.69 Å². The molecule has 2 rings (SSSR count). The van der Waals surface area contributed by atoms with E-state index < -0.39 is 0 Å². The minimum atomic E-state index is -0.159. The summed E-state index contributed by atoms with van der Waals surface area (Å²) in [4.78, 5) is 11.7. The molecule has 0 radical (unpaired) electrons. The number of anilines is 1. The van der Waals surface area contributed by atoms with E-state index in [4.69, 9.17) is 10.5 Å². The van der Waals surface area contributed by atoms with Gasteiger partial charge in [-0.25, -0.2) is 0 Å². The maximum absolute atomic E-state index is 11.7. The fraction of sp³-hybridized carbons (Fsp3) is 0.0833. The van der Waals surface area contributed by atoms with Gasteiger partial charge in [0.25, 0.3) is 5.56 Å². The molecule has 0 fully saturated rings. The zero-order valence-corrected chi connectivity index (χ0v) is 8.88. The largest absolute Gasteiger partial charge is 0.497 e. The summed E-state index contributed by atoms with van der Waals surface area (Å²) in [5.41, 5.74) is 6.58. The fourth-order valence-corrected chi connectivity index (χ4v) is 1.47. The highest BCUT2D eigenvalue weighted by Crippen LogP contribution is 2.15. The molecule has 0 aliphatic heterocycles. The molecule has 1 aromatic heterocycles. The van der Waals surface area contributed by atoms with Gasteiger partial charge in [0.1, 0.15) is 5.75 Å². The second-order valence-electron chi connectivity index (χ2n) is 3.37. The van der Waals surface area contributed by atoms with Crippen LogP contribution < -0.4 is 16.0 Å². The molecule has 0 saturated heterocycles. The molecule has 0 aliphatic rings. The smallest absolute Gasteiger partial charge is 0.257 e. The van der Waals surface area contributed by atoms with Crippen molar-refractivity contribution in [1.29, 1.82) is 0 Å². The third-order valence-corrected chi connectivity index (χ3v) is 2.28. The number of nitrogen functional groups attached to an aromatic ring is 1. The molecule has 0 unspecified atom stereocenters. The van der Waals surface area contributed by atoms with Crippen LogP contribution >= 0.6 is 0 Å². The molecule has 0 saturated carbocycles. The van der Waals surface area contributed by atoms with Crippen molar-refractivity contribution in [3.63, 3.8) is 0 Å². The summed E-state index contributed by atoms with van der Waals surface area (Å²) in [5.74, 6) is 0.709. The van der Waals surface area contributed by atoms with Gasteiger partial charge in [0.05, 0.1) is 12.8 Å². The van der Waals surface area contributed by atoms with Gasteiger partial charge in [0, 0.05) is 24.0 Å². The molecule has 1 aromatic carbocycles. The lowest BCUT2D eigenvalue weighted by Crippen LogP contribution is -2.16. The number of benzene rings is 1. The Morgan fingerprint density at radius 2 is 2.06 bits per heavy atom. The summed E-state index contributed by atoms with van der Waals surface area (Å²) in [5, 5.41) is 0. The second kappa shape index (κ2) is 4.10. The predicted molar refractivity (Wildman–Crippen MR) is 63.0 cm³/mol. The van der Waals surface area contributed by atoms with E-state index in [9.17, 15) is 4.79 Å². The summed E-state index contributed by atoms with van der Waals surface area (Å²) >= 11 is 0. The summed E-state index contributed by atoms with van der Waals surface area (Å²) in [6.45, 7) is 0. The SMILES string of the molecule is COc1cccc(-n2ccc(N)cc2=O)c1. The summed E-state index contributed by atoms with van der Waals surface area (Å²) in [6, 6.07) is 10.3. The average Bonchev–Trinajstić information content (AvgIpc) is 2.29. The minimum Gasteiger partial charge on any atom is -0.497 e. The van der Waals surface area contributed by atoms with E-state index in [0.717, 1.165) is 5.69 Å². The first-order valence-electron chi connectivity index (χ1n) is 4.83. The number of aromatic nitrogens is 1. The van der Waals surface area contributed by atoms with Crippen LogP contribution in [-0.2, 0) is 0 Å². The molecule has 2 aromatic rings. The number of nitrogens with two attached hydrogens (primary N) is 1. The first-order chi connectivity index (χ1) is 7.70. The molecule has 82 valence electrons. The Labute approximate surface area is 92.9 Å². The summed E-state index contributed by atoms with van der Waals surface area (Å²) in [7, 11) is 1.59. The van der Waals surface area contributed by atoms with Crippen LogP contribution in [0.15, 0.2) is 47.4 Å². The normalized spacial score (nSPS) is 10.1. The van der Waals surface area contributed by atoms with Crippen molar-refractivity contribution in [2.45, 2.75) is 0 Å². The van der Waals surface area contributed by atoms with Crippen LogP contribution in [0.1, 0.15) is 0 Å². The Kier molecular flexibility index (Phi) is 2.64. The molecule has 16 heavy (non-hydrogen) atoms. The Morgan fingerprint density at radius 3 is 2.75 bits per heavy atom. The van der Waals surface area contributed by atoms with Gasteiger partial charge in [-0.1, -0.05) is 6.07 Å². The topological polar surface area (TPSA) is 57.2 Å². The Bertz CT molecular complexity index is 561. The van der Waals surface area contributed by atoms with Crippen LogP contribution in [0.3, 0.4) is 0 Å². The Morgan fingerprint density at radius 1 is 1.25 bits per heavy atom. The van der Waals surface area contributed by atoms with Gasteiger partial charge in [-0.2, -0.15) is 0 Å². The number of hydrogen-bond donors (Lipinski definition) is 1. The third kappa shape index (κ3) is 1.91. The van der Waals surface area contributed by atoms with E-state index in [1.807, 2.05) is 18.2 Å². The monoisotopic (exact) mass is 216 g/mol. The van der Waals surface area contributed by atoms with E-state index in [2.05, 4.69) is 0 Å². The van der Waals surface area contributed by atoms with E-state index in [0.29, 0.717) is 11.4 Å². The van der Waals surface area contributed by atoms with Crippen molar-refractivity contribution in [2.24, 2.45) is 0 Å². The van der Waals surface area contributed by atoms with Gasteiger partial charge < -0.3 is 10.5 Å². The molecule has 0 aliphatic carbocycles. The van der Waals surface area contributed by atoms with Crippen molar-refractivity contribution in [3.05, 3.63) is 52.9 Å². The lowest BCUT2D eigenvalue weighted by molar-refractivity contribution is 0.414. The van der Waals surface area contributed by atoms with Gasteiger partial charge in [0.15, 0.2) is 0 Å². The molecule has 4 heteroatoms. The molecular weight excluding hydrogens is 204 g/mol. The highest BCUT2D eigenvalue weighted by atomic mass is 16.5. The Hall–Kier alpha value is -2.23. The number of hydrogen-bond acceptors (Lipinski definition) is 3. The van der Waals surface area contributed by atoms with Crippen molar-refractivity contribution < 1.29 is 4.74 Å².